The van der Waals surface area contributed by atoms with E-state index in [9.17, 15) is 9.59 Å². The SMILES string of the molecule is O=C(C1CCCO1)N1CCCN(Cc2nc3ccsc3c(=O)[nH]2)CC1. The molecule has 2 aliphatic heterocycles. The average Bonchev–Trinajstić information content (AvgIpc) is 3.24. The molecule has 0 aromatic carbocycles. The maximum atomic E-state index is 12.5. The van der Waals surface area contributed by atoms with Crippen molar-refractivity contribution in [2.75, 3.05) is 32.8 Å². The van der Waals surface area contributed by atoms with Crippen LogP contribution in [0.25, 0.3) is 10.2 Å². The Labute approximate surface area is 149 Å². The number of carbonyl (C=O) groups excluding carboxylic acids is 1. The molecule has 1 unspecified atom stereocenters. The number of thiophene rings is 1. The van der Waals surface area contributed by atoms with Crippen molar-refractivity contribution < 1.29 is 9.53 Å². The van der Waals surface area contributed by atoms with Crippen molar-refractivity contribution in [1.82, 2.24) is 19.8 Å². The summed E-state index contributed by atoms with van der Waals surface area (Å²) >= 11 is 1.41. The number of nitrogens with zero attached hydrogens (tertiary/aromatic N) is 3. The van der Waals surface area contributed by atoms with E-state index < -0.39 is 0 Å². The molecule has 0 bridgehead atoms. The van der Waals surface area contributed by atoms with E-state index in [4.69, 9.17) is 4.74 Å². The number of aromatic amines is 1. The number of hydrogen-bond donors (Lipinski definition) is 1. The lowest BCUT2D eigenvalue weighted by Crippen LogP contribution is -2.41. The van der Waals surface area contributed by atoms with Crippen LogP contribution in [0.15, 0.2) is 16.2 Å². The molecule has 2 saturated heterocycles. The summed E-state index contributed by atoms with van der Waals surface area (Å²) < 4.78 is 6.20. The van der Waals surface area contributed by atoms with Crippen molar-refractivity contribution in [1.29, 1.82) is 0 Å². The van der Waals surface area contributed by atoms with Gasteiger partial charge in [-0.1, -0.05) is 0 Å². The molecule has 2 aliphatic rings. The molecular weight excluding hydrogens is 340 g/mol. The highest BCUT2D eigenvalue weighted by Crippen LogP contribution is 2.17. The van der Waals surface area contributed by atoms with Crippen LogP contribution in [-0.4, -0.2) is 64.6 Å². The molecule has 2 aromatic heterocycles. The first kappa shape index (κ1) is 16.7. The summed E-state index contributed by atoms with van der Waals surface area (Å²) in [5.74, 6) is 0.820. The Morgan fingerprint density at radius 1 is 1.32 bits per heavy atom. The predicted octanol–water partition coefficient (Wildman–Crippen LogP) is 1.20. The quantitative estimate of drug-likeness (QED) is 0.888. The first-order valence-corrected chi connectivity index (χ1v) is 9.68. The van der Waals surface area contributed by atoms with Crippen molar-refractivity contribution in [2.24, 2.45) is 0 Å². The molecule has 8 heteroatoms. The minimum absolute atomic E-state index is 0.0694. The highest BCUT2D eigenvalue weighted by Gasteiger charge is 2.29. The van der Waals surface area contributed by atoms with Crippen molar-refractivity contribution in [3.63, 3.8) is 0 Å². The number of fused-ring (bicyclic) bond motifs is 1. The van der Waals surface area contributed by atoms with Gasteiger partial charge in [0.25, 0.3) is 11.5 Å². The molecule has 1 N–H and O–H groups in total. The molecule has 1 atom stereocenters. The van der Waals surface area contributed by atoms with Crippen LogP contribution in [-0.2, 0) is 16.1 Å². The molecule has 25 heavy (non-hydrogen) atoms. The third kappa shape index (κ3) is 3.61. The van der Waals surface area contributed by atoms with Crippen molar-refractivity contribution in [3.05, 3.63) is 27.6 Å². The Bertz CT molecular complexity index is 812. The Morgan fingerprint density at radius 3 is 3.08 bits per heavy atom. The standard InChI is InChI=1S/C17H22N4O3S/c22-16-15-12(4-10-25-15)18-14(19-16)11-20-5-2-6-21(8-7-20)17(23)13-3-1-9-24-13/h4,10,13H,1-3,5-9,11H2,(H,18,19,22). The summed E-state index contributed by atoms with van der Waals surface area (Å²) in [6.45, 7) is 4.43. The molecule has 2 fully saturated rings. The third-order valence-corrected chi connectivity index (χ3v) is 5.74. The van der Waals surface area contributed by atoms with Gasteiger partial charge in [-0.2, -0.15) is 0 Å². The summed E-state index contributed by atoms with van der Waals surface area (Å²) in [5, 5.41) is 1.89. The molecule has 7 nitrogen and oxygen atoms in total. The van der Waals surface area contributed by atoms with Gasteiger partial charge < -0.3 is 14.6 Å². The van der Waals surface area contributed by atoms with Gasteiger partial charge in [-0.25, -0.2) is 4.98 Å². The van der Waals surface area contributed by atoms with Crippen molar-refractivity contribution >= 4 is 27.5 Å². The Hall–Kier alpha value is -1.77. The van der Waals surface area contributed by atoms with E-state index in [0.717, 1.165) is 44.4 Å². The first-order chi connectivity index (χ1) is 12.2. The fraction of sp³-hybridized carbons (Fsp3) is 0.588. The first-order valence-electron chi connectivity index (χ1n) is 8.80. The van der Waals surface area contributed by atoms with E-state index in [0.29, 0.717) is 30.2 Å². The fourth-order valence-corrected chi connectivity index (χ4v) is 4.26. The third-order valence-electron chi connectivity index (χ3n) is 4.84. The minimum Gasteiger partial charge on any atom is -0.368 e. The van der Waals surface area contributed by atoms with E-state index in [1.165, 1.54) is 11.3 Å². The van der Waals surface area contributed by atoms with Gasteiger partial charge in [0, 0.05) is 32.8 Å². The number of rotatable bonds is 3. The van der Waals surface area contributed by atoms with E-state index in [-0.39, 0.29) is 17.6 Å². The summed E-state index contributed by atoms with van der Waals surface area (Å²) in [4.78, 5) is 36.2. The number of hydrogen-bond acceptors (Lipinski definition) is 6. The van der Waals surface area contributed by atoms with E-state index in [2.05, 4.69) is 14.9 Å². The average molecular weight is 362 g/mol. The molecular formula is C17H22N4O3S. The molecule has 0 radical (unpaired) electrons. The van der Waals surface area contributed by atoms with E-state index >= 15 is 0 Å². The highest BCUT2D eigenvalue weighted by atomic mass is 32.1. The molecule has 134 valence electrons. The molecule has 0 saturated carbocycles. The zero-order valence-corrected chi connectivity index (χ0v) is 14.9. The number of H-pyrrole nitrogens is 1. The van der Waals surface area contributed by atoms with Crippen LogP contribution in [0, 0.1) is 0 Å². The Balaban J connectivity index is 1.40. The largest absolute Gasteiger partial charge is 0.368 e. The topological polar surface area (TPSA) is 78.5 Å². The Morgan fingerprint density at radius 2 is 2.24 bits per heavy atom. The smallest absolute Gasteiger partial charge is 0.268 e. The monoisotopic (exact) mass is 362 g/mol. The van der Waals surface area contributed by atoms with Gasteiger partial charge >= 0.3 is 0 Å². The van der Waals surface area contributed by atoms with Crippen LogP contribution in [0.2, 0.25) is 0 Å². The van der Waals surface area contributed by atoms with E-state index in [1.54, 1.807) is 0 Å². The zero-order valence-electron chi connectivity index (χ0n) is 14.1. The minimum atomic E-state index is -0.245. The molecule has 2 aromatic rings. The maximum Gasteiger partial charge on any atom is 0.268 e. The number of aromatic nitrogens is 2. The summed E-state index contributed by atoms with van der Waals surface area (Å²) in [6.07, 6.45) is 2.49. The molecule has 0 aliphatic carbocycles. The van der Waals surface area contributed by atoms with Crippen LogP contribution in [0.3, 0.4) is 0 Å². The second-order valence-electron chi connectivity index (χ2n) is 6.60. The van der Waals surface area contributed by atoms with Gasteiger partial charge in [-0.05, 0) is 30.7 Å². The van der Waals surface area contributed by atoms with Crippen molar-refractivity contribution in [3.8, 4) is 0 Å². The van der Waals surface area contributed by atoms with Crippen LogP contribution >= 0.6 is 11.3 Å². The van der Waals surface area contributed by atoms with Crippen LogP contribution < -0.4 is 5.56 Å². The van der Waals surface area contributed by atoms with Gasteiger partial charge in [0.15, 0.2) is 0 Å². The second kappa shape index (κ2) is 7.23. The Kier molecular flexibility index (Phi) is 4.82. The van der Waals surface area contributed by atoms with Gasteiger partial charge in [0.1, 0.15) is 16.6 Å². The van der Waals surface area contributed by atoms with Gasteiger partial charge in [-0.3, -0.25) is 14.5 Å². The lowest BCUT2D eigenvalue weighted by molar-refractivity contribution is -0.140. The number of ether oxygens (including phenoxy) is 1. The van der Waals surface area contributed by atoms with Crippen molar-refractivity contribution in [2.45, 2.75) is 31.9 Å². The second-order valence-corrected chi connectivity index (χ2v) is 7.52. The molecule has 4 heterocycles. The molecule has 1 amide bonds. The molecule has 4 rings (SSSR count). The fourth-order valence-electron chi connectivity index (χ4n) is 3.53. The van der Waals surface area contributed by atoms with Crippen LogP contribution in [0.5, 0.6) is 0 Å². The number of nitrogens with one attached hydrogen (secondary N) is 1. The lowest BCUT2D eigenvalue weighted by atomic mass is 10.2. The summed E-state index contributed by atoms with van der Waals surface area (Å²) in [7, 11) is 0. The van der Waals surface area contributed by atoms with Crippen LogP contribution in [0.4, 0.5) is 0 Å². The summed E-state index contributed by atoms with van der Waals surface area (Å²) in [6, 6.07) is 1.88. The molecule has 0 spiro atoms. The van der Waals surface area contributed by atoms with Gasteiger partial charge in [0.2, 0.25) is 0 Å². The zero-order chi connectivity index (χ0) is 17.2. The van der Waals surface area contributed by atoms with Gasteiger partial charge in [-0.15, -0.1) is 11.3 Å². The highest BCUT2D eigenvalue weighted by molar-refractivity contribution is 7.17. The normalized spacial score (nSPS) is 22.4. The van der Waals surface area contributed by atoms with Crippen LogP contribution in [0.1, 0.15) is 25.1 Å². The van der Waals surface area contributed by atoms with E-state index in [1.807, 2.05) is 16.3 Å². The number of carbonyl (C=O) groups is 1. The predicted molar refractivity (Wildman–Crippen MR) is 95.7 cm³/mol. The maximum absolute atomic E-state index is 12.5. The van der Waals surface area contributed by atoms with Gasteiger partial charge in [0.05, 0.1) is 12.1 Å². The number of amides is 1. The summed E-state index contributed by atoms with van der Waals surface area (Å²) in [5.41, 5.74) is 0.689. The lowest BCUT2D eigenvalue weighted by Gasteiger charge is -2.24.